The van der Waals surface area contributed by atoms with Crippen molar-refractivity contribution in [1.29, 1.82) is 0 Å². The van der Waals surface area contributed by atoms with Crippen molar-refractivity contribution in [2.45, 2.75) is 46.6 Å². The number of aromatic nitrogens is 3. The van der Waals surface area contributed by atoms with Crippen molar-refractivity contribution >= 4 is 0 Å². The van der Waals surface area contributed by atoms with E-state index in [9.17, 15) is 0 Å². The highest BCUT2D eigenvalue weighted by atomic mass is 15.3. The maximum atomic E-state index is 4.30. The largest absolute Gasteiger partial charge is 0.313 e. The number of nitrogens with zero attached hydrogens (tertiary/aromatic N) is 3. The van der Waals surface area contributed by atoms with Crippen LogP contribution in [-0.4, -0.2) is 27.4 Å². The van der Waals surface area contributed by atoms with E-state index in [0.29, 0.717) is 6.04 Å². The van der Waals surface area contributed by atoms with E-state index in [0.717, 1.165) is 25.2 Å². The van der Waals surface area contributed by atoms with Gasteiger partial charge in [-0.3, -0.25) is 4.68 Å². The summed E-state index contributed by atoms with van der Waals surface area (Å²) in [7, 11) is 1.95. The van der Waals surface area contributed by atoms with E-state index in [1.54, 1.807) is 6.33 Å². The predicted octanol–water partition coefficient (Wildman–Crippen LogP) is 1.77. The van der Waals surface area contributed by atoms with Gasteiger partial charge in [0.25, 0.3) is 0 Å². The first-order valence-electron chi connectivity index (χ1n) is 6.07. The molecule has 0 aliphatic rings. The Labute approximate surface area is 98.5 Å². The Morgan fingerprint density at radius 3 is 2.56 bits per heavy atom. The molecule has 1 aromatic rings. The van der Waals surface area contributed by atoms with E-state index in [1.165, 1.54) is 0 Å². The van der Waals surface area contributed by atoms with E-state index in [2.05, 4.69) is 43.1 Å². The Kier molecular flexibility index (Phi) is 4.47. The minimum absolute atomic E-state index is 0.280. The Bertz CT molecular complexity index is 317. The van der Waals surface area contributed by atoms with Crippen molar-refractivity contribution in [3.63, 3.8) is 0 Å². The van der Waals surface area contributed by atoms with Crippen LogP contribution in [0.25, 0.3) is 0 Å². The molecule has 0 saturated carbocycles. The molecule has 1 atom stereocenters. The van der Waals surface area contributed by atoms with Gasteiger partial charge in [0.05, 0.1) is 0 Å². The normalized spacial score (nSPS) is 14.1. The molecule has 1 N–H and O–H groups in total. The number of aryl methyl sites for hydroxylation is 1. The summed E-state index contributed by atoms with van der Waals surface area (Å²) >= 11 is 0. The summed E-state index contributed by atoms with van der Waals surface area (Å²) in [5, 5.41) is 7.67. The quantitative estimate of drug-likeness (QED) is 0.801. The maximum absolute atomic E-state index is 4.30. The average molecular weight is 224 g/mol. The Morgan fingerprint density at radius 2 is 2.12 bits per heavy atom. The highest BCUT2D eigenvalue weighted by molar-refractivity contribution is 4.94. The molecule has 92 valence electrons. The van der Waals surface area contributed by atoms with E-state index in [1.807, 2.05) is 11.7 Å². The van der Waals surface area contributed by atoms with Crippen LogP contribution in [0.3, 0.4) is 0 Å². The van der Waals surface area contributed by atoms with Gasteiger partial charge < -0.3 is 5.32 Å². The summed E-state index contributed by atoms with van der Waals surface area (Å²) in [5.74, 6) is 1.05. The first-order chi connectivity index (χ1) is 7.51. The Hall–Kier alpha value is -0.900. The van der Waals surface area contributed by atoms with Gasteiger partial charge in [-0.15, -0.1) is 0 Å². The van der Waals surface area contributed by atoms with Crippen LogP contribution in [0.15, 0.2) is 6.33 Å². The van der Waals surface area contributed by atoms with Crippen molar-refractivity contribution in [2.75, 3.05) is 6.54 Å². The zero-order chi connectivity index (χ0) is 12.2. The fourth-order valence-electron chi connectivity index (χ4n) is 1.81. The van der Waals surface area contributed by atoms with Crippen LogP contribution in [0, 0.1) is 5.41 Å². The SMILES string of the molecule is CCNC(Cc1ncnn1C)C(C)(C)CC. The molecule has 1 aromatic heterocycles. The van der Waals surface area contributed by atoms with Gasteiger partial charge in [0.1, 0.15) is 12.2 Å². The zero-order valence-corrected chi connectivity index (χ0v) is 11.1. The molecule has 0 fully saturated rings. The summed E-state index contributed by atoms with van der Waals surface area (Å²) < 4.78 is 1.86. The third-order valence-electron chi connectivity index (χ3n) is 3.50. The lowest BCUT2D eigenvalue weighted by Gasteiger charge is -2.33. The van der Waals surface area contributed by atoms with Gasteiger partial charge in [-0.2, -0.15) is 5.10 Å². The van der Waals surface area contributed by atoms with Crippen molar-refractivity contribution in [3.8, 4) is 0 Å². The third-order valence-corrected chi connectivity index (χ3v) is 3.50. The maximum Gasteiger partial charge on any atom is 0.138 e. The molecule has 0 aliphatic carbocycles. The minimum atomic E-state index is 0.280. The highest BCUT2D eigenvalue weighted by Crippen LogP contribution is 2.26. The van der Waals surface area contributed by atoms with Gasteiger partial charge in [-0.25, -0.2) is 4.98 Å². The van der Waals surface area contributed by atoms with E-state index >= 15 is 0 Å². The molecule has 1 rings (SSSR count). The van der Waals surface area contributed by atoms with Crippen molar-refractivity contribution in [1.82, 2.24) is 20.1 Å². The Morgan fingerprint density at radius 1 is 1.44 bits per heavy atom. The molecule has 0 aliphatic heterocycles. The zero-order valence-electron chi connectivity index (χ0n) is 11.1. The van der Waals surface area contributed by atoms with Crippen molar-refractivity contribution in [2.24, 2.45) is 12.5 Å². The first-order valence-corrected chi connectivity index (χ1v) is 6.07. The number of hydrogen-bond acceptors (Lipinski definition) is 3. The molecular formula is C12H24N4. The van der Waals surface area contributed by atoms with Crippen LogP contribution in [0.5, 0.6) is 0 Å². The summed E-state index contributed by atoms with van der Waals surface area (Å²) in [6.07, 6.45) is 3.71. The van der Waals surface area contributed by atoms with Gasteiger partial charge in [-0.05, 0) is 18.4 Å². The monoisotopic (exact) mass is 224 g/mol. The second kappa shape index (κ2) is 5.43. The molecule has 0 aromatic carbocycles. The fraction of sp³-hybridized carbons (Fsp3) is 0.833. The molecule has 4 nitrogen and oxygen atoms in total. The van der Waals surface area contributed by atoms with Gasteiger partial charge >= 0.3 is 0 Å². The van der Waals surface area contributed by atoms with Crippen LogP contribution in [0.2, 0.25) is 0 Å². The fourth-order valence-corrected chi connectivity index (χ4v) is 1.81. The van der Waals surface area contributed by atoms with Gasteiger partial charge in [0.2, 0.25) is 0 Å². The molecule has 1 unspecified atom stereocenters. The van der Waals surface area contributed by atoms with Crippen LogP contribution < -0.4 is 5.32 Å². The molecule has 1 heterocycles. The number of likely N-dealkylation sites (N-methyl/N-ethyl adjacent to an activating group) is 1. The summed E-state index contributed by atoms with van der Waals surface area (Å²) in [5.41, 5.74) is 0.280. The topological polar surface area (TPSA) is 42.7 Å². The smallest absolute Gasteiger partial charge is 0.138 e. The minimum Gasteiger partial charge on any atom is -0.313 e. The highest BCUT2D eigenvalue weighted by Gasteiger charge is 2.28. The molecule has 16 heavy (non-hydrogen) atoms. The summed E-state index contributed by atoms with van der Waals surface area (Å²) in [4.78, 5) is 4.30. The van der Waals surface area contributed by atoms with E-state index in [4.69, 9.17) is 0 Å². The molecular weight excluding hydrogens is 200 g/mol. The molecule has 0 spiro atoms. The van der Waals surface area contributed by atoms with Crippen molar-refractivity contribution in [3.05, 3.63) is 12.2 Å². The molecule has 0 saturated heterocycles. The van der Waals surface area contributed by atoms with Crippen LogP contribution >= 0.6 is 0 Å². The number of rotatable bonds is 6. The van der Waals surface area contributed by atoms with E-state index < -0.39 is 0 Å². The van der Waals surface area contributed by atoms with E-state index in [-0.39, 0.29) is 5.41 Å². The van der Waals surface area contributed by atoms with Gasteiger partial charge in [-0.1, -0.05) is 27.7 Å². The number of hydrogen-bond donors (Lipinski definition) is 1. The molecule has 0 amide bonds. The third kappa shape index (κ3) is 3.04. The second-order valence-corrected chi connectivity index (χ2v) is 4.96. The van der Waals surface area contributed by atoms with Crippen molar-refractivity contribution < 1.29 is 0 Å². The lowest BCUT2D eigenvalue weighted by Crippen LogP contribution is -2.43. The lowest BCUT2D eigenvalue weighted by atomic mass is 9.80. The predicted molar refractivity (Wildman–Crippen MR) is 66.2 cm³/mol. The van der Waals surface area contributed by atoms with Crippen LogP contribution in [0.1, 0.15) is 39.9 Å². The number of nitrogens with one attached hydrogen (secondary N) is 1. The molecule has 0 radical (unpaired) electrons. The summed E-state index contributed by atoms with van der Waals surface area (Å²) in [6.45, 7) is 9.98. The second-order valence-electron chi connectivity index (χ2n) is 4.96. The first kappa shape index (κ1) is 13.2. The van der Waals surface area contributed by atoms with Gasteiger partial charge in [0.15, 0.2) is 0 Å². The van der Waals surface area contributed by atoms with Crippen LogP contribution in [0.4, 0.5) is 0 Å². The van der Waals surface area contributed by atoms with Gasteiger partial charge in [0, 0.05) is 19.5 Å². The van der Waals surface area contributed by atoms with Crippen LogP contribution in [-0.2, 0) is 13.5 Å². The molecule has 0 bridgehead atoms. The standard InChI is InChI=1S/C12H24N4/c1-6-12(3,4)10(13-7-2)8-11-14-9-15-16(11)5/h9-10,13H,6-8H2,1-5H3. The average Bonchev–Trinajstić information content (AvgIpc) is 2.64. The molecule has 4 heteroatoms. The lowest BCUT2D eigenvalue weighted by molar-refractivity contribution is 0.229. The Balaban J connectivity index is 2.76. The summed E-state index contributed by atoms with van der Waals surface area (Å²) in [6, 6.07) is 0.449.